The number of aromatic nitrogens is 2. The van der Waals surface area contributed by atoms with Crippen molar-refractivity contribution in [1.29, 1.82) is 0 Å². The van der Waals surface area contributed by atoms with Gasteiger partial charge in [-0.2, -0.15) is 0 Å². The first kappa shape index (κ1) is 13.8. The first-order valence-electron chi connectivity index (χ1n) is 6.81. The molecule has 2 N–H and O–H groups in total. The molecule has 0 aromatic carbocycles. The third-order valence-electron chi connectivity index (χ3n) is 4.14. The smallest absolute Gasteiger partial charge is 0.339 e. The van der Waals surface area contributed by atoms with Crippen molar-refractivity contribution in [3.05, 3.63) is 17.5 Å². The molecule has 1 aliphatic carbocycles. The van der Waals surface area contributed by atoms with Gasteiger partial charge in [-0.25, -0.2) is 14.8 Å². The molecule has 1 aromatic heterocycles. The monoisotopic (exact) mass is 263 g/mol. The molecule has 5 nitrogen and oxygen atoms in total. The van der Waals surface area contributed by atoms with Crippen LogP contribution in [0.5, 0.6) is 0 Å². The maximum atomic E-state index is 10.9. The van der Waals surface area contributed by atoms with Gasteiger partial charge in [0, 0.05) is 12.2 Å². The number of rotatable bonds is 3. The molecular formula is C14H21N3O2. The average molecular weight is 263 g/mol. The van der Waals surface area contributed by atoms with Gasteiger partial charge in [-0.05, 0) is 38.0 Å². The molecule has 1 fully saturated rings. The second kappa shape index (κ2) is 5.55. The third kappa shape index (κ3) is 3.22. The molecule has 0 aliphatic heterocycles. The van der Waals surface area contributed by atoms with Crippen molar-refractivity contribution >= 4 is 11.9 Å². The van der Waals surface area contributed by atoms with E-state index in [0.29, 0.717) is 23.6 Å². The molecule has 1 saturated carbocycles. The molecule has 2 rings (SSSR count). The number of aryl methyl sites for hydroxylation is 1. The van der Waals surface area contributed by atoms with Crippen LogP contribution in [0.1, 0.15) is 49.2 Å². The van der Waals surface area contributed by atoms with Gasteiger partial charge < -0.3 is 10.4 Å². The van der Waals surface area contributed by atoms with E-state index in [4.69, 9.17) is 5.11 Å². The van der Waals surface area contributed by atoms with Crippen LogP contribution in [0.3, 0.4) is 0 Å². The SMILES string of the molecule is Cc1nc(NC2CCC(C)C(C)C2)ncc1C(=O)O. The van der Waals surface area contributed by atoms with Gasteiger partial charge >= 0.3 is 5.97 Å². The predicted octanol–water partition coefficient (Wildman–Crippen LogP) is 2.72. The molecule has 1 aliphatic rings. The number of hydrogen-bond donors (Lipinski definition) is 2. The Balaban J connectivity index is 2.04. The van der Waals surface area contributed by atoms with Crippen molar-refractivity contribution < 1.29 is 9.90 Å². The number of nitrogens with one attached hydrogen (secondary N) is 1. The van der Waals surface area contributed by atoms with E-state index in [1.54, 1.807) is 6.92 Å². The van der Waals surface area contributed by atoms with Crippen LogP contribution in [-0.2, 0) is 0 Å². The van der Waals surface area contributed by atoms with Gasteiger partial charge in [0.25, 0.3) is 0 Å². The van der Waals surface area contributed by atoms with Gasteiger partial charge in [0.15, 0.2) is 0 Å². The Morgan fingerprint density at radius 1 is 1.37 bits per heavy atom. The molecule has 1 aromatic rings. The highest BCUT2D eigenvalue weighted by Crippen LogP contribution is 2.30. The van der Waals surface area contributed by atoms with Gasteiger partial charge in [-0.15, -0.1) is 0 Å². The Kier molecular flexibility index (Phi) is 4.02. The number of carboxylic acid groups (broad SMARTS) is 1. The number of carbonyl (C=O) groups is 1. The lowest BCUT2D eigenvalue weighted by molar-refractivity contribution is 0.0695. The lowest BCUT2D eigenvalue weighted by atomic mass is 9.79. The van der Waals surface area contributed by atoms with Crippen molar-refractivity contribution in [2.45, 2.75) is 46.1 Å². The quantitative estimate of drug-likeness (QED) is 0.877. The van der Waals surface area contributed by atoms with Gasteiger partial charge in [-0.1, -0.05) is 13.8 Å². The Hall–Kier alpha value is -1.65. The molecule has 3 atom stereocenters. The Labute approximate surface area is 113 Å². The van der Waals surface area contributed by atoms with E-state index in [-0.39, 0.29) is 5.56 Å². The van der Waals surface area contributed by atoms with Crippen LogP contribution < -0.4 is 5.32 Å². The largest absolute Gasteiger partial charge is 0.478 e. The Morgan fingerprint density at radius 3 is 2.68 bits per heavy atom. The summed E-state index contributed by atoms with van der Waals surface area (Å²) in [6.45, 7) is 6.27. The van der Waals surface area contributed by atoms with Crippen LogP contribution in [0.15, 0.2) is 6.20 Å². The lowest BCUT2D eigenvalue weighted by Gasteiger charge is -2.32. The molecule has 104 valence electrons. The van der Waals surface area contributed by atoms with E-state index in [1.165, 1.54) is 12.6 Å². The molecule has 19 heavy (non-hydrogen) atoms. The van der Waals surface area contributed by atoms with Crippen LogP contribution >= 0.6 is 0 Å². The first-order valence-corrected chi connectivity index (χ1v) is 6.81. The maximum Gasteiger partial charge on any atom is 0.339 e. The highest BCUT2D eigenvalue weighted by atomic mass is 16.4. The van der Waals surface area contributed by atoms with Crippen molar-refractivity contribution in [1.82, 2.24) is 9.97 Å². The number of aromatic carboxylic acids is 1. The summed E-state index contributed by atoms with van der Waals surface area (Å²) < 4.78 is 0. The predicted molar refractivity (Wildman–Crippen MR) is 73.3 cm³/mol. The van der Waals surface area contributed by atoms with Crippen LogP contribution in [0.25, 0.3) is 0 Å². The summed E-state index contributed by atoms with van der Waals surface area (Å²) in [5.74, 6) is 1.03. The van der Waals surface area contributed by atoms with Crippen LogP contribution in [0, 0.1) is 18.8 Å². The average Bonchev–Trinajstić information content (AvgIpc) is 2.33. The van der Waals surface area contributed by atoms with Gasteiger partial charge in [0.1, 0.15) is 0 Å². The zero-order valence-corrected chi connectivity index (χ0v) is 11.7. The van der Waals surface area contributed by atoms with E-state index in [0.717, 1.165) is 18.8 Å². The van der Waals surface area contributed by atoms with Gasteiger partial charge in [0.2, 0.25) is 5.95 Å². The zero-order valence-electron chi connectivity index (χ0n) is 11.7. The minimum absolute atomic E-state index is 0.163. The Morgan fingerprint density at radius 2 is 2.11 bits per heavy atom. The standard InChI is InChI=1S/C14H21N3O2/c1-8-4-5-11(6-9(8)2)17-14-15-7-12(13(18)19)10(3)16-14/h7-9,11H,4-6H2,1-3H3,(H,18,19)(H,15,16,17). The fraction of sp³-hybridized carbons (Fsp3) is 0.643. The van der Waals surface area contributed by atoms with E-state index < -0.39 is 5.97 Å². The molecule has 0 amide bonds. The van der Waals surface area contributed by atoms with Gasteiger partial charge in [-0.3, -0.25) is 0 Å². The van der Waals surface area contributed by atoms with Crippen molar-refractivity contribution in [3.8, 4) is 0 Å². The van der Waals surface area contributed by atoms with Crippen LogP contribution in [0.4, 0.5) is 5.95 Å². The van der Waals surface area contributed by atoms with E-state index >= 15 is 0 Å². The molecule has 5 heteroatoms. The molecule has 3 unspecified atom stereocenters. The van der Waals surface area contributed by atoms with Crippen LogP contribution in [0.2, 0.25) is 0 Å². The van der Waals surface area contributed by atoms with E-state index in [1.807, 2.05) is 0 Å². The molecule has 0 radical (unpaired) electrons. The second-order valence-corrected chi connectivity index (χ2v) is 5.61. The summed E-state index contributed by atoms with van der Waals surface area (Å²) in [5.41, 5.74) is 0.665. The summed E-state index contributed by atoms with van der Waals surface area (Å²) in [4.78, 5) is 19.2. The topological polar surface area (TPSA) is 75.1 Å². The van der Waals surface area contributed by atoms with Crippen molar-refractivity contribution in [3.63, 3.8) is 0 Å². The third-order valence-corrected chi connectivity index (χ3v) is 4.14. The minimum Gasteiger partial charge on any atom is -0.478 e. The highest BCUT2D eigenvalue weighted by molar-refractivity contribution is 5.88. The van der Waals surface area contributed by atoms with E-state index in [2.05, 4.69) is 29.1 Å². The summed E-state index contributed by atoms with van der Waals surface area (Å²) >= 11 is 0. The summed E-state index contributed by atoms with van der Waals surface area (Å²) in [6.07, 6.45) is 4.83. The summed E-state index contributed by atoms with van der Waals surface area (Å²) in [5, 5.41) is 12.3. The van der Waals surface area contributed by atoms with Crippen LogP contribution in [-0.4, -0.2) is 27.1 Å². The molecule has 1 heterocycles. The second-order valence-electron chi connectivity index (χ2n) is 5.61. The molecular weight excluding hydrogens is 242 g/mol. The lowest BCUT2D eigenvalue weighted by Crippen LogP contribution is -2.31. The number of hydrogen-bond acceptors (Lipinski definition) is 4. The summed E-state index contributed by atoms with van der Waals surface area (Å²) in [6, 6.07) is 0.390. The number of anilines is 1. The zero-order chi connectivity index (χ0) is 14.0. The maximum absolute atomic E-state index is 10.9. The van der Waals surface area contributed by atoms with E-state index in [9.17, 15) is 4.79 Å². The normalized spacial score (nSPS) is 27.0. The molecule has 0 saturated heterocycles. The highest BCUT2D eigenvalue weighted by Gasteiger charge is 2.25. The Bertz CT molecular complexity index is 476. The molecule has 0 bridgehead atoms. The number of carboxylic acids is 1. The van der Waals surface area contributed by atoms with Gasteiger partial charge in [0.05, 0.1) is 11.3 Å². The van der Waals surface area contributed by atoms with Crippen molar-refractivity contribution in [2.24, 2.45) is 11.8 Å². The number of nitrogens with zero attached hydrogens (tertiary/aromatic N) is 2. The minimum atomic E-state index is -0.982. The van der Waals surface area contributed by atoms with Crippen molar-refractivity contribution in [2.75, 3.05) is 5.32 Å². The molecule has 0 spiro atoms. The fourth-order valence-electron chi connectivity index (χ4n) is 2.61. The summed E-state index contributed by atoms with van der Waals surface area (Å²) in [7, 11) is 0. The first-order chi connectivity index (χ1) is 8.97. The fourth-order valence-corrected chi connectivity index (χ4v) is 2.61.